The number of aliphatic hydroxyl groups excluding tert-OH is 2. The molecule has 1 aromatic rings. The number of phenolic OH excluding ortho intramolecular Hbond substituents is 1. The minimum absolute atomic E-state index is 0.0158. The van der Waals surface area contributed by atoms with Crippen molar-refractivity contribution < 1.29 is 39.5 Å². The van der Waals surface area contributed by atoms with Crippen LogP contribution in [0.2, 0.25) is 0 Å². The van der Waals surface area contributed by atoms with Gasteiger partial charge in [0.15, 0.2) is 11.4 Å². The average Bonchev–Trinajstić information content (AvgIpc) is 3.32. The zero-order valence-corrected chi connectivity index (χ0v) is 21.4. The number of primary amides is 1. The molecular formula is C27H33N3O8. The second-order valence-corrected chi connectivity index (χ2v) is 10.6. The van der Waals surface area contributed by atoms with E-state index < -0.39 is 58.0 Å². The maximum atomic E-state index is 13.7. The Morgan fingerprint density at radius 3 is 2.61 bits per heavy atom. The number of likely N-dealkylation sites (tertiary alicyclic amines) is 1. The van der Waals surface area contributed by atoms with E-state index in [1.807, 2.05) is 0 Å². The molecule has 0 radical (unpaired) electrons. The largest absolute Gasteiger partial charge is 0.508 e. The first kappa shape index (κ1) is 26.2. The van der Waals surface area contributed by atoms with Crippen LogP contribution in [0.4, 0.5) is 0 Å². The first-order chi connectivity index (χ1) is 18.0. The molecule has 1 saturated heterocycles. The number of ether oxygens (including phenoxy) is 1. The van der Waals surface area contributed by atoms with Crippen molar-refractivity contribution in [3.63, 3.8) is 0 Å². The lowest BCUT2D eigenvalue weighted by Crippen LogP contribution is -2.65. The highest BCUT2D eigenvalue weighted by molar-refractivity contribution is 6.24. The first-order valence-corrected chi connectivity index (χ1v) is 12.9. The van der Waals surface area contributed by atoms with E-state index in [0.717, 1.165) is 37.9 Å². The Morgan fingerprint density at radius 2 is 1.97 bits per heavy atom. The molecule has 0 spiro atoms. The van der Waals surface area contributed by atoms with Crippen molar-refractivity contribution in [2.75, 3.05) is 20.2 Å². The van der Waals surface area contributed by atoms with Crippen LogP contribution in [0.1, 0.15) is 55.3 Å². The Hall–Kier alpha value is -3.41. The molecule has 2 fully saturated rings. The third-order valence-electron chi connectivity index (χ3n) is 8.67. The van der Waals surface area contributed by atoms with Crippen LogP contribution >= 0.6 is 0 Å². The van der Waals surface area contributed by atoms with Crippen LogP contribution in [-0.4, -0.2) is 74.6 Å². The number of ketones is 2. The molecule has 38 heavy (non-hydrogen) atoms. The standard InChI is InChI=1S/C27H33N3O8/c1-3-6-30-7-4-5-15(30)12-10-16(31)18-13(23(12)38-2)8-11-9-14-20(28)22(33)19(26(29)36)25(35)27(14,37)24(34)17(11)21(18)32/h10-11,14-15,20,31-32,35,37H,3-9,28H2,1-2H3,(H2,29,36)/t11-,14-,15-,20-,27-/m0/s1. The monoisotopic (exact) mass is 527 g/mol. The van der Waals surface area contributed by atoms with Crippen molar-refractivity contribution in [2.45, 2.75) is 56.7 Å². The number of aliphatic hydroxyl groups is 3. The van der Waals surface area contributed by atoms with Gasteiger partial charge in [0.1, 0.15) is 28.6 Å². The molecule has 1 amide bonds. The maximum absolute atomic E-state index is 13.7. The lowest BCUT2D eigenvalue weighted by molar-refractivity contribution is -0.149. The highest BCUT2D eigenvalue weighted by Crippen LogP contribution is 2.54. The third-order valence-corrected chi connectivity index (χ3v) is 8.67. The Labute approximate surface area is 219 Å². The molecule has 0 aromatic heterocycles. The van der Waals surface area contributed by atoms with Crippen molar-refractivity contribution >= 4 is 23.2 Å². The van der Waals surface area contributed by atoms with E-state index >= 15 is 0 Å². The third kappa shape index (κ3) is 3.41. The summed E-state index contributed by atoms with van der Waals surface area (Å²) in [6.07, 6.45) is 2.95. The van der Waals surface area contributed by atoms with E-state index in [9.17, 15) is 34.8 Å². The molecule has 5 rings (SSSR count). The Kier molecular flexibility index (Phi) is 6.28. The van der Waals surface area contributed by atoms with E-state index in [-0.39, 0.29) is 35.8 Å². The fourth-order valence-electron chi connectivity index (χ4n) is 7.01. The molecule has 1 aromatic carbocycles. The molecule has 8 N–H and O–H groups in total. The van der Waals surface area contributed by atoms with Gasteiger partial charge in [0.25, 0.3) is 5.91 Å². The zero-order valence-electron chi connectivity index (χ0n) is 21.4. The number of carbonyl (C=O) groups is 3. The fourth-order valence-corrected chi connectivity index (χ4v) is 7.01. The van der Waals surface area contributed by atoms with Gasteiger partial charge in [0, 0.05) is 28.7 Å². The normalized spacial score (nSPS) is 31.3. The smallest absolute Gasteiger partial charge is 0.255 e. The molecular weight excluding hydrogens is 494 g/mol. The molecule has 0 bridgehead atoms. The van der Waals surface area contributed by atoms with Gasteiger partial charge in [-0.1, -0.05) is 6.92 Å². The van der Waals surface area contributed by atoms with Crippen LogP contribution in [-0.2, 0) is 20.8 Å². The molecule has 4 aliphatic rings. The number of aromatic hydroxyl groups is 1. The second kappa shape index (κ2) is 9.11. The number of hydrogen-bond acceptors (Lipinski definition) is 10. The molecule has 1 heterocycles. The van der Waals surface area contributed by atoms with Gasteiger partial charge in [-0.05, 0) is 57.2 Å². The number of nitrogens with two attached hydrogens (primary N) is 2. The summed E-state index contributed by atoms with van der Waals surface area (Å²) in [6, 6.07) is 0.0938. The van der Waals surface area contributed by atoms with E-state index in [0.29, 0.717) is 11.3 Å². The summed E-state index contributed by atoms with van der Waals surface area (Å²) in [5.41, 5.74) is 8.78. The molecule has 0 unspecified atom stereocenters. The van der Waals surface area contributed by atoms with Crippen LogP contribution in [0, 0.1) is 11.8 Å². The summed E-state index contributed by atoms with van der Waals surface area (Å²) in [5, 5.41) is 44.6. The quantitative estimate of drug-likeness (QED) is 0.299. The topological polar surface area (TPSA) is 197 Å². The number of carbonyl (C=O) groups excluding carboxylic acids is 3. The summed E-state index contributed by atoms with van der Waals surface area (Å²) >= 11 is 0. The number of rotatable bonds is 5. The minimum Gasteiger partial charge on any atom is -0.508 e. The summed E-state index contributed by atoms with van der Waals surface area (Å²) in [6.45, 7) is 3.90. The molecule has 1 saturated carbocycles. The number of benzene rings is 1. The van der Waals surface area contributed by atoms with Gasteiger partial charge in [-0.2, -0.15) is 0 Å². The summed E-state index contributed by atoms with van der Waals surface area (Å²) in [7, 11) is 1.51. The van der Waals surface area contributed by atoms with E-state index in [4.69, 9.17) is 16.2 Å². The Morgan fingerprint density at radius 1 is 1.26 bits per heavy atom. The highest BCUT2D eigenvalue weighted by Gasteiger charge is 2.63. The van der Waals surface area contributed by atoms with Gasteiger partial charge in [0.2, 0.25) is 5.78 Å². The van der Waals surface area contributed by atoms with Crippen molar-refractivity contribution in [1.82, 2.24) is 4.90 Å². The van der Waals surface area contributed by atoms with Crippen LogP contribution in [0.25, 0.3) is 5.76 Å². The summed E-state index contributed by atoms with van der Waals surface area (Å²) < 4.78 is 5.83. The fraction of sp³-hybridized carbons (Fsp3) is 0.519. The Balaban J connectivity index is 1.68. The summed E-state index contributed by atoms with van der Waals surface area (Å²) in [4.78, 5) is 40.7. The zero-order chi connectivity index (χ0) is 27.7. The van der Waals surface area contributed by atoms with Crippen LogP contribution in [0.3, 0.4) is 0 Å². The van der Waals surface area contributed by atoms with Gasteiger partial charge < -0.3 is 36.6 Å². The van der Waals surface area contributed by atoms with Crippen molar-refractivity contribution in [3.05, 3.63) is 39.7 Å². The predicted molar refractivity (Wildman–Crippen MR) is 135 cm³/mol. The number of nitrogens with zero attached hydrogens (tertiary/aromatic N) is 1. The number of Topliss-reactive ketones (excluding diaryl/α,β-unsaturated/α-hetero) is 2. The predicted octanol–water partition coefficient (Wildman–Crippen LogP) is 0.917. The second-order valence-electron chi connectivity index (χ2n) is 10.6. The molecule has 3 aliphatic carbocycles. The van der Waals surface area contributed by atoms with Crippen molar-refractivity contribution in [2.24, 2.45) is 23.3 Å². The van der Waals surface area contributed by atoms with E-state index in [1.54, 1.807) is 6.07 Å². The number of amides is 1. The van der Waals surface area contributed by atoms with Gasteiger partial charge in [0.05, 0.1) is 18.7 Å². The minimum atomic E-state index is -2.72. The SMILES string of the molecule is CCCN1CCC[C@H]1c1cc(O)c2c(c1OC)C[C@H]1C[C@H]3[C@H](N)C(=O)C(C(N)=O)=C(O)[C@@]3(O)C(=O)C1=C2O. The van der Waals surface area contributed by atoms with Gasteiger partial charge >= 0.3 is 0 Å². The van der Waals surface area contributed by atoms with Gasteiger partial charge in [-0.25, -0.2) is 0 Å². The van der Waals surface area contributed by atoms with Crippen LogP contribution in [0.15, 0.2) is 23.0 Å². The Bertz CT molecular complexity index is 1320. The van der Waals surface area contributed by atoms with Crippen molar-refractivity contribution in [1.29, 1.82) is 0 Å². The summed E-state index contributed by atoms with van der Waals surface area (Å²) in [5.74, 6) is -6.77. The number of phenols is 1. The first-order valence-electron chi connectivity index (χ1n) is 12.9. The number of fused-ring (bicyclic) bond motifs is 3. The average molecular weight is 528 g/mol. The molecule has 204 valence electrons. The molecule has 5 atom stereocenters. The van der Waals surface area contributed by atoms with Gasteiger partial charge in [-0.3, -0.25) is 19.3 Å². The van der Waals surface area contributed by atoms with Gasteiger partial charge in [-0.15, -0.1) is 0 Å². The van der Waals surface area contributed by atoms with Crippen molar-refractivity contribution in [3.8, 4) is 11.5 Å². The number of methoxy groups -OCH3 is 1. The van der Waals surface area contributed by atoms with Crippen LogP contribution in [0.5, 0.6) is 11.5 Å². The lowest BCUT2D eigenvalue weighted by Gasteiger charge is -2.48. The maximum Gasteiger partial charge on any atom is 0.255 e. The van der Waals surface area contributed by atoms with E-state index in [1.165, 1.54) is 7.11 Å². The van der Waals surface area contributed by atoms with Crippen LogP contribution < -0.4 is 16.2 Å². The molecule has 11 heteroatoms. The highest BCUT2D eigenvalue weighted by atomic mass is 16.5. The van der Waals surface area contributed by atoms with E-state index in [2.05, 4.69) is 11.8 Å². The lowest BCUT2D eigenvalue weighted by atomic mass is 9.58. The molecule has 1 aliphatic heterocycles. The number of hydrogen-bond donors (Lipinski definition) is 6. The molecule has 11 nitrogen and oxygen atoms in total.